The number of carbonyl (C=O) groups is 2. The van der Waals surface area contributed by atoms with Crippen molar-refractivity contribution < 1.29 is 14.3 Å². The second-order valence-electron chi connectivity index (χ2n) is 10.7. The zero-order valence-electron chi connectivity index (χ0n) is 20.1. The molecule has 180 valence electrons. The third-order valence-electron chi connectivity index (χ3n) is 7.68. The molecule has 1 unspecified atom stereocenters. The van der Waals surface area contributed by atoms with Gasteiger partial charge in [0.05, 0.1) is 28.6 Å². The van der Waals surface area contributed by atoms with Crippen LogP contribution in [0, 0.1) is 5.41 Å². The molecule has 3 aliphatic heterocycles. The maximum atomic E-state index is 13.3. The number of hydrogen-bond donors (Lipinski definition) is 1. The number of ether oxygens (including phenoxy) is 1. The van der Waals surface area contributed by atoms with Crippen molar-refractivity contribution in [2.24, 2.45) is 5.41 Å². The fraction of sp³-hybridized carbons (Fsp3) is 0.519. The molecule has 3 aliphatic rings. The number of rotatable bonds is 3. The molecule has 0 aliphatic carbocycles. The fourth-order valence-corrected chi connectivity index (χ4v) is 6.09. The smallest absolute Gasteiger partial charge is 0.314 e. The van der Waals surface area contributed by atoms with Gasteiger partial charge in [-0.1, -0.05) is 30.3 Å². The van der Waals surface area contributed by atoms with Crippen molar-refractivity contribution in [3.63, 3.8) is 0 Å². The quantitative estimate of drug-likeness (QED) is 0.699. The van der Waals surface area contributed by atoms with Gasteiger partial charge < -0.3 is 15.4 Å². The number of esters is 1. The van der Waals surface area contributed by atoms with Gasteiger partial charge in [-0.15, -0.1) is 0 Å². The third-order valence-corrected chi connectivity index (χ3v) is 7.68. The summed E-state index contributed by atoms with van der Waals surface area (Å²) in [5.41, 5.74) is 8.05. The van der Waals surface area contributed by atoms with E-state index >= 15 is 0 Å². The van der Waals surface area contributed by atoms with E-state index < -0.39 is 0 Å². The van der Waals surface area contributed by atoms with E-state index in [1.807, 2.05) is 49.1 Å². The second kappa shape index (κ2) is 8.69. The van der Waals surface area contributed by atoms with Gasteiger partial charge in [-0.25, -0.2) is 0 Å². The molecule has 1 spiro atoms. The number of anilines is 1. The summed E-state index contributed by atoms with van der Waals surface area (Å²) in [6.45, 7) is 7.17. The van der Waals surface area contributed by atoms with Crippen LogP contribution < -0.4 is 5.73 Å². The Kier molecular flexibility index (Phi) is 5.84. The number of cyclic esters (lactones) is 1. The van der Waals surface area contributed by atoms with Gasteiger partial charge >= 0.3 is 5.97 Å². The summed E-state index contributed by atoms with van der Waals surface area (Å²) < 4.78 is 5.69. The normalized spacial score (nSPS) is 25.5. The standard InChI is InChI=1S/C27H34N4O3/c1-26(2)17-27(25(33)34-26)11-6-12-31(18-27)20-9-13-30(14-10-20)24(32)21-15-23(29-16-22(21)28)19-7-4-3-5-8-19/h3-5,7-8,15-16,20H,6,9-14,17-18,28H2,1-2H3. The van der Waals surface area contributed by atoms with Crippen molar-refractivity contribution in [1.82, 2.24) is 14.8 Å². The Bertz CT molecular complexity index is 1080. The lowest BCUT2D eigenvalue weighted by molar-refractivity contribution is -0.154. The van der Waals surface area contributed by atoms with Crippen molar-refractivity contribution in [2.45, 2.75) is 57.6 Å². The summed E-state index contributed by atoms with van der Waals surface area (Å²) in [6.07, 6.45) is 6.09. The molecule has 2 N–H and O–H groups in total. The topological polar surface area (TPSA) is 88.8 Å². The van der Waals surface area contributed by atoms with Gasteiger partial charge in [0.15, 0.2) is 0 Å². The van der Waals surface area contributed by atoms with Crippen molar-refractivity contribution in [3.8, 4) is 11.3 Å². The molecule has 0 saturated carbocycles. The molecule has 3 fully saturated rings. The Morgan fingerprint density at radius 3 is 2.56 bits per heavy atom. The minimum atomic E-state index is -0.376. The summed E-state index contributed by atoms with van der Waals surface area (Å²) >= 11 is 0. The van der Waals surface area contributed by atoms with Crippen molar-refractivity contribution >= 4 is 17.6 Å². The SMILES string of the molecule is CC1(C)CC2(CCCN(C3CCN(C(=O)c4cc(-c5ccccc5)ncc4N)CC3)C2)C(=O)O1. The molecule has 5 rings (SSSR count). The lowest BCUT2D eigenvalue weighted by Gasteiger charge is -2.44. The first-order valence-electron chi connectivity index (χ1n) is 12.3. The van der Waals surface area contributed by atoms with Crippen molar-refractivity contribution in [3.05, 3.63) is 48.2 Å². The number of nitrogens with two attached hydrogens (primary N) is 1. The minimum Gasteiger partial charge on any atom is -0.459 e. The molecule has 0 radical (unpaired) electrons. The predicted octanol–water partition coefficient (Wildman–Crippen LogP) is 3.74. The van der Waals surface area contributed by atoms with Crippen LogP contribution in [0.4, 0.5) is 5.69 Å². The van der Waals surface area contributed by atoms with Crippen LogP contribution >= 0.6 is 0 Å². The predicted molar refractivity (Wildman–Crippen MR) is 131 cm³/mol. The third kappa shape index (κ3) is 4.29. The van der Waals surface area contributed by atoms with E-state index in [9.17, 15) is 9.59 Å². The summed E-state index contributed by atoms with van der Waals surface area (Å²) in [4.78, 5) is 34.9. The number of piperidine rings is 2. The Labute approximate surface area is 201 Å². The maximum Gasteiger partial charge on any atom is 0.314 e. The van der Waals surface area contributed by atoms with E-state index in [4.69, 9.17) is 10.5 Å². The van der Waals surface area contributed by atoms with Gasteiger partial charge in [0.25, 0.3) is 5.91 Å². The van der Waals surface area contributed by atoms with Crippen LogP contribution in [-0.2, 0) is 9.53 Å². The van der Waals surface area contributed by atoms with E-state index in [-0.39, 0.29) is 22.9 Å². The summed E-state index contributed by atoms with van der Waals surface area (Å²) in [5.74, 6) is -0.0658. The van der Waals surface area contributed by atoms with Crippen molar-refractivity contribution in [2.75, 3.05) is 31.9 Å². The summed E-state index contributed by atoms with van der Waals surface area (Å²) in [5, 5.41) is 0. The number of carbonyl (C=O) groups excluding carboxylic acids is 2. The molecular weight excluding hydrogens is 428 g/mol. The first-order chi connectivity index (χ1) is 16.3. The Morgan fingerprint density at radius 2 is 1.88 bits per heavy atom. The Hall–Kier alpha value is -2.93. The zero-order chi connectivity index (χ0) is 23.9. The molecule has 34 heavy (non-hydrogen) atoms. The van der Waals surface area contributed by atoms with E-state index in [0.717, 1.165) is 56.5 Å². The highest BCUT2D eigenvalue weighted by Gasteiger charge is 2.54. The van der Waals surface area contributed by atoms with Crippen LogP contribution in [0.3, 0.4) is 0 Å². The molecule has 0 bridgehead atoms. The molecule has 1 aromatic heterocycles. The molecule has 7 nitrogen and oxygen atoms in total. The van der Waals surface area contributed by atoms with Crippen LogP contribution in [0.15, 0.2) is 42.6 Å². The van der Waals surface area contributed by atoms with E-state index in [0.29, 0.717) is 30.4 Å². The average molecular weight is 463 g/mol. The lowest BCUT2D eigenvalue weighted by atomic mass is 9.74. The first-order valence-corrected chi connectivity index (χ1v) is 12.3. The molecular formula is C27H34N4O3. The number of nitrogens with zero attached hydrogens (tertiary/aromatic N) is 3. The number of benzene rings is 1. The minimum absolute atomic E-state index is 0.0304. The number of pyridine rings is 1. The van der Waals surface area contributed by atoms with Gasteiger partial charge in [0.2, 0.25) is 0 Å². The zero-order valence-corrected chi connectivity index (χ0v) is 20.1. The number of aromatic nitrogens is 1. The summed E-state index contributed by atoms with van der Waals surface area (Å²) in [7, 11) is 0. The number of amides is 1. The van der Waals surface area contributed by atoms with Crippen molar-refractivity contribution in [1.29, 1.82) is 0 Å². The number of hydrogen-bond acceptors (Lipinski definition) is 6. The largest absolute Gasteiger partial charge is 0.459 e. The van der Waals surface area contributed by atoms with E-state index in [1.54, 1.807) is 12.3 Å². The van der Waals surface area contributed by atoms with Gasteiger partial charge in [-0.05, 0) is 52.1 Å². The van der Waals surface area contributed by atoms with Gasteiger partial charge in [-0.3, -0.25) is 19.5 Å². The molecule has 1 aromatic carbocycles. The molecule has 1 amide bonds. The first kappa shape index (κ1) is 22.8. The number of likely N-dealkylation sites (tertiary alicyclic amines) is 2. The molecule has 7 heteroatoms. The van der Waals surface area contributed by atoms with E-state index in [1.165, 1.54) is 0 Å². The van der Waals surface area contributed by atoms with Crippen LogP contribution in [0.2, 0.25) is 0 Å². The molecule has 4 heterocycles. The Morgan fingerprint density at radius 1 is 1.15 bits per heavy atom. The lowest BCUT2D eigenvalue weighted by Crippen LogP contribution is -2.53. The summed E-state index contributed by atoms with van der Waals surface area (Å²) in [6, 6.07) is 12.0. The molecule has 3 saturated heterocycles. The highest BCUT2D eigenvalue weighted by atomic mass is 16.6. The van der Waals surface area contributed by atoms with E-state index in [2.05, 4.69) is 9.88 Å². The average Bonchev–Trinajstić information content (AvgIpc) is 3.06. The van der Waals surface area contributed by atoms with Gasteiger partial charge in [0, 0.05) is 37.7 Å². The highest BCUT2D eigenvalue weighted by Crippen LogP contribution is 2.46. The second-order valence-corrected chi connectivity index (χ2v) is 10.7. The molecule has 1 atom stereocenters. The highest BCUT2D eigenvalue weighted by molar-refractivity contribution is 6.00. The van der Waals surface area contributed by atoms with Crippen LogP contribution in [0.1, 0.15) is 56.3 Å². The van der Waals surface area contributed by atoms with Crippen LogP contribution in [0.5, 0.6) is 0 Å². The maximum absolute atomic E-state index is 13.3. The van der Waals surface area contributed by atoms with Gasteiger partial charge in [0.1, 0.15) is 5.60 Å². The van der Waals surface area contributed by atoms with Crippen LogP contribution in [-0.4, -0.2) is 64.5 Å². The Balaban J connectivity index is 1.24. The number of nitrogen functional groups attached to an aromatic ring is 1. The molecule has 2 aromatic rings. The fourth-order valence-electron chi connectivity index (χ4n) is 6.09. The van der Waals surface area contributed by atoms with Crippen LogP contribution in [0.25, 0.3) is 11.3 Å². The van der Waals surface area contributed by atoms with Gasteiger partial charge in [-0.2, -0.15) is 0 Å². The monoisotopic (exact) mass is 462 g/mol.